The van der Waals surface area contributed by atoms with Crippen molar-refractivity contribution >= 4 is 33.8 Å². The van der Waals surface area contributed by atoms with Gasteiger partial charge >= 0.3 is 11.8 Å². The van der Waals surface area contributed by atoms with Crippen LogP contribution in [0, 0.1) is 12.7 Å². The van der Waals surface area contributed by atoms with Crippen LogP contribution in [-0.2, 0) is 16.0 Å². The number of nitrogens with zero attached hydrogens (tertiary/aromatic N) is 3. The highest BCUT2D eigenvalue weighted by Gasteiger charge is 2.16. The number of rotatable bonds is 6. The molecule has 8 nitrogen and oxygen atoms in total. The van der Waals surface area contributed by atoms with E-state index in [2.05, 4.69) is 20.7 Å². The van der Waals surface area contributed by atoms with Gasteiger partial charge in [-0.3, -0.25) is 9.59 Å². The Morgan fingerprint density at radius 3 is 2.47 bits per heavy atom. The number of amides is 2. The number of fused-ring (bicyclic) bond motifs is 1. The van der Waals surface area contributed by atoms with Gasteiger partial charge in [0.2, 0.25) is 4.96 Å². The normalized spacial score (nSPS) is 10.8. The molecule has 4 rings (SSSR count). The molecule has 2 amide bonds. The smallest absolute Gasteiger partial charge is 0.313 e. The number of hydrogen-bond donors (Lipinski definition) is 2. The van der Waals surface area contributed by atoms with Crippen molar-refractivity contribution in [1.29, 1.82) is 0 Å². The maximum absolute atomic E-state index is 12.9. The fraction of sp³-hybridized carbons (Fsp3) is 0.182. The number of carbonyl (C=O) groups is 2. The van der Waals surface area contributed by atoms with Crippen molar-refractivity contribution < 1.29 is 18.7 Å². The van der Waals surface area contributed by atoms with E-state index in [1.165, 1.54) is 35.6 Å². The van der Waals surface area contributed by atoms with Crippen molar-refractivity contribution in [3.63, 3.8) is 0 Å². The zero-order valence-corrected chi connectivity index (χ0v) is 18.2. The fourth-order valence-corrected chi connectivity index (χ4v) is 4.12. The lowest BCUT2D eigenvalue weighted by molar-refractivity contribution is -0.136. The summed E-state index contributed by atoms with van der Waals surface area (Å²) in [5, 5.41) is 9.60. The number of nitrogens with one attached hydrogen (secondary N) is 2. The van der Waals surface area contributed by atoms with Gasteiger partial charge in [-0.05, 0) is 55.5 Å². The summed E-state index contributed by atoms with van der Waals surface area (Å²) < 4.78 is 19.9. The molecule has 0 radical (unpaired) electrons. The van der Waals surface area contributed by atoms with Gasteiger partial charge in [-0.2, -0.15) is 4.98 Å². The number of aryl methyl sites for hydroxylation is 1. The van der Waals surface area contributed by atoms with Crippen LogP contribution in [0.1, 0.15) is 10.6 Å². The highest BCUT2D eigenvalue weighted by Crippen LogP contribution is 2.26. The van der Waals surface area contributed by atoms with E-state index in [4.69, 9.17) is 4.74 Å². The first-order chi connectivity index (χ1) is 15.4. The number of anilines is 1. The Kier molecular flexibility index (Phi) is 6.13. The second kappa shape index (κ2) is 9.15. The molecule has 0 saturated carbocycles. The van der Waals surface area contributed by atoms with Crippen LogP contribution in [-0.4, -0.2) is 40.1 Å². The molecule has 2 aromatic carbocycles. The molecule has 0 bridgehead atoms. The topological polar surface area (TPSA) is 97.6 Å². The number of thiazole rings is 1. The molecule has 0 aliphatic heterocycles. The second-order valence-electron chi connectivity index (χ2n) is 6.94. The summed E-state index contributed by atoms with van der Waals surface area (Å²) in [6.07, 6.45) is 0.537. The summed E-state index contributed by atoms with van der Waals surface area (Å²) in [4.78, 5) is 30.4. The lowest BCUT2D eigenvalue weighted by Crippen LogP contribution is -2.36. The number of methoxy groups -OCH3 is 1. The van der Waals surface area contributed by atoms with E-state index in [0.717, 1.165) is 26.8 Å². The Balaban J connectivity index is 1.35. The SMILES string of the molecule is COc1ccc(-c2nc3sc(CCNC(=O)C(=O)Nc4ccc(F)cc4)c(C)n3n2)cc1. The molecule has 0 aliphatic carbocycles. The monoisotopic (exact) mass is 453 g/mol. The summed E-state index contributed by atoms with van der Waals surface area (Å²) in [5.41, 5.74) is 2.17. The van der Waals surface area contributed by atoms with Crippen LogP contribution in [0.15, 0.2) is 48.5 Å². The number of halogens is 1. The van der Waals surface area contributed by atoms with E-state index in [1.54, 1.807) is 11.6 Å². The largest absolute Gasteiger partial charge is 0.497 e. The van der Waals surface area contributed by atoms with Crippen LogP contribution < -0.4 is 15.4 Å². The first kappa shape index (κ1) is 21.4. The minimum Gasteiger partial charge on any atom is -0.497 e. The fourth-order valence-electron chi connectivity index (χ4n) is 3.07. The zero-order valence-electron chi connectivity index (χ0n) is 17.4. The van der Waals surface area contributed by atoms with Crippen molar-refractivity contribution in [2.75, 3.05) is 19.0 Å². The van der Waals surface area contributed by atoms with Crippen molar-refractivity contribution in [3.8, 4) is 17.1 Å². The van der Waals surface area contributed by atoms with Crippen molar-refractivity contribution in [2.45, 2.75) is 13.3 Å². The molecule has 0 unspecified atom stereocenters. The standard InChI is InChI=1S/C22H20FN5O3S/c1-13-18(11-12-24-20(29)21(30)25-16-7-5-15(23)6-8-16)32-22-26-19(27-28(13)22)14-3-9-17(31-2)10-4-14/h3-10H,11-12H2,1-2H3,(H,24,29)(H,25,30). The van der Waals surface area contributed by atoms with Crippen LogP contribution in [0.3, 0.4) is 0 Å². The van der Waals surface area contributed by atoms with Gasteiger partial charge in [0.1, 0.15) is 11.6 Å². The molecule has 0 spiro atoms. The van der Waals surface area contributed by atoms with E-state index < -0.39 is 17.6 Å². The van der Waals surface area contributed by atoms with Gasteiger partial charge in [-0.25, -0.2) is 8.91 Å². The molecule has 0 atom stereocenters. The molecular weight excluding hydrogens is 433 g/mol. The van der Waals surface area contributed by atoms with Gasteiger partial charge < -0.3 is 15.4 Å². The highest BCUT2D eigenvalue weighted by molar-refractivity contribution is 7.17. The quantitative estimate of drug-likeness (QED) is 0.437. The summed E-state index contributed by atoms with van der Waals surface area (Å²) >= 11 is 1.49. The average molecular weight is 453 g/mol. The predicted octanol–water partition coefficient (Wildman–Crippen LogP) is 3.21. The van der Waals surface area contributed by atoms with E-state index in [-0.39, 0.29) is 6.54 Å². The van der Waals surface area contributed by atoms with Gasteiger partial charge in [0, 0.05) is 29.1 Å². The third-order valence-electron chi connectivity index (χ3n) is 4.81. The predicted molar refractivity (Wildman–Crippen MR) is 119 cm³/mol. The van der Waals surface area contributed by atoms with Crippen LogP contribution in [0.2, 0.25) is 0 Å². The molecular formula is C22H20FN5O3S. The molecule has 4 aromatic rings. The Labute approximate surface area is 187 Å². The number of benzene rings is 2. The molecule has 0 saturated heterocycles. The summed E-state index contributed by atoms with van der Waals surface area (Å²) in [5.74, 6) is -0.593. The molecule has 32 heavy (non-hydrogen) atoms. The van der Waals surface area contributed by atoms with Gasteiger partial charge in [-0.1, -0.05) is 11.3 Å². The second-order valence-corrected chi connectivity index (χ2v) is 8.00. The number of ether oxygens (including phenoxy) is 1. The molecule has 2 heterocycles. The van der Waals surface area contributed by atoms with E-state index >= 15 is 0 Å². The zero-order chi connectivity index (χ0) is 22.7. The van der Waals surface area contributed by atoms with Gasteiger partial charge in [0.25, 0.3) is 0 Å². The first-order valence-corrected chi connectivity index (χ1v) is 10.6. The number of carbonyl (C=O) groups excluding carboxylic acids is 2. The Morgan fingerprint density at radius 2 is 1.81 bits per heavy atom. The van der Waals surface area contributed by atoms with Gasteiger partial charge in [-0.15, -0.1) is 5.10 Å². The molecule has 10 heteroatoms. The lowest BCUT2D eigenvalue weighted by Gasteiger charge is -2.06. The molecule has 2 N–H and O–H groups in total. The van der Waals surface area contributed by atoms with E-state index in [1.807, 2.05) is 31.2 Å². The maximum Gasteiger partial charge on any atom is 0.313 e. The van der Waals surface area contributed by atoms with E-state index in [9.17, 15) is 14.0 Å². The van der Waals surface area contributed by atoms with Crippen molar-refractivity contribution in [1.82, 2.24) is 19.9 Å². The van der Waals surface area contributed by atoms with Crippen LogP contribution in [0.25, 0.3) is 16.3 Å². The summed E-state index contributed by atoms with van der Waals surface area (Å²) in [6, 6.07) is 12.7. The van der Waals surface area contributed by atoms with Gasteiger partial charge in [0.15, 0.2) is 5.82 Å². The third kappa shape index (κ3) is 4.59. The Hall–Kier alpha value is -3.79. The number of hydrogen-bond acceptors (Lipinski definition) is 6. The van der Waals surface area contributed by atoms with Gasteiger partial charge in [0.05, 0.1) is 12.8 Å². The minimum atomic E-state index is -0.805. The van der Waals surface area contributed by atoms with E-state index in [0.29, 0.717) is 17.9 Å². The maximum atomic E-state index is 12.9. The third-order valence-corrected chi connectivity index (χ3v) is 6.00. The van der Waals surface area contributed by atoms with Crippen LogP contribution in [0.5, 0.6) is 5.75 Å². The summed E-state index contributed by atoms with van der Waals surface area (Å²) in [6.45, 7) is 2.22. The minimum absolute atomic E-state index is 0.283. The Morgan fingerprint density at radius 1 is 1.09 bits per heavy atom. The first-order valence-electron chi connectivity index (χ1n) is 9.79. The summed E-state index contributed by atoms with van der Waals surface area (Å²) in [7, 11) is 1.62. The van der Waals surface area contributed by atoms with Crippen LogP contribution >= 0.6 is 11.3 Å². The van der Waals surface area contributed by atoms with Crippen molar-refractivity contribution in [2.24, 2.45) is 0 Å². The lowest BCUT2D eigenvalue weighted by atomic mass is 10.2. The highest BCUT2D eigenvalue weighted by atomic mass is 32.1. The molecule has 0 aliphatic rings. The average Bonchev–Trinajstić information content (AvgIpc) is 3.34. The molecule has 2 aromatic heterocycles. The molecule has 164 valence electrons. The van der Waals surface area contributed by atoms with Crippen LogP contribution in [0.4, 0.5) is 10.1 Å². The van der Waals surface area contributed by atoms with Crippen molar-refractivity contribution in [3.05, 3.63) is 64.9 Å². The molecule has 0 fully saturated rings. The number of aromatic nitrogens is 3. The Bertz CT molecular complexity index is 1270.